The Bertz CT molecular complexity index is 1330. The summed E-state index contributed by atoms with van der Waals surface area (Å²) in [5.74, 6) is 0.321. The van der Waals surface area contributed by atoms with Gasteiger partial charge in [-0.15, -0.1) is 0 Å². The van der Waals surface area contributed by atoms with Crippen molar-refractivity contribution >= 4 is 39.9 Å². The number of amides is 2. The van der Waals surface area contributed by atoms with E-state index in [9.17, 15) is 9.59 Å². The molecule has 0 atom stereocenters. The van der Waals surface area contributed by atoms with Gasteiger partial charge in [0.15, 0.2) is 5.13 Å². The van der Waals surface area contributed by atoms with Crippen molar-refractivity contribution in [3.8, 4) is 16.9 Å². The molecule has 3 aromatic heterocycles. The van der Waals surface area contributed by atoms with Gasteiger partial charge in [-0.25, -0.2) is 9.97 Å². The molecule has 1 aliphatic heterocycles. The number of methoxy groups -OCH3 is 1. The smallest absolute Gasteiger partial charge is 0.259 e. The maximum atomic E-state index is 13.3. The molecule has 37 heavy (non-hydrogen) atoms. The molecular formula is C26H28ClN5O4S. The van der Waals surface area contributed by atoms with E-state index >= 15 is 0 Å². The van der Waals surface area contributed by atoms with Gasteiger partial charge in [0.2, 0.25) is 5.91 Å². The fraction of sp³-hybridized carbons (Fsp3) is 0.423. The average molecular weight is 542 g/mol. The minimum atomic E-state index is -0.344. The van der Waals surface area contributed by atoms with E-state index in [0.717, 1.165) is 29.1 Å². The first kappa shape index (κ1) is 25.6. The van der Waals surface area contributed by atoms with Crippen molar-refractivity contribution in [1.29, 1.82) is 0 Å². The first-order valence-electron chi connectivity index (χ1n) is 12.1. The predicted molar refractivity (Wildman–Crippen MR) is 141 cm³/mol. The molecule has 4 heterocycles. The molecule has 0 unspecified atom stereocenters. The van der Waals surface area contributed by atoms with E-state index in [4.69, 9.17) is 21.1 Å². The standard InChI is InChI=1S/C26H28ClN5O4S/c1-13(2)36-16-6-15(7-16)25(34)32-11-20-22(12-32)37-26(30-20)31-24(33)19-9-28-14(3)5-17(19)18-8-23(27)29-10-21(18)35-4/h5,8-10,13,15-16H,6-7,11-12H2,1-4H3,(H,30,31,33). The maximum Gasteiger partial charge on any atom is 0.259 e. The van der Waals surface area contributed by atoms with Gasteiger partial charge in [-0.2, -0.15) is 0 Å². The molecule has 11 heteroatoms. The van der Waals surface area contributed by atoms with Crippen LogP contribution in [0.25, 0.3) is 11.1 Å². The number of nitrogens with zero attached hydrogens (tertiary/aromatic N) is 4. The second-order valence-corrected chi connectivity index (χ2v) is 11.1. The van der Waals surface area contributed by atoms with Crippen molar-refractivity contribution < 1.29 is 19.1 Å². The highest BCUT2D eigenvalue weighted by Crippen LogP contribution is 2.38. The molecule has 0 radical (unpaired) electrons. The third kappa shape index (κ3) is 5.32. The molecule has 1 fully saturated rings. The summed E-state index contributed by atoms with van der Waals surface area (Å²) in [6.07, 6.45) is 4.95. The van der Waals surface area contributed by atoms with Crippen molar-refractivity contribution in [3.05, 3.63) is 51.5 Å². The lowest BCUT2D eigenvalue weighted by Gasteiger charge is -2.37. The number of anilines is 1. The molecule has 0 bridgehead atoms. The van der Waals surface area contributed by atoms with Crippen molar-refractivity contribution in [2.75, 3.05) is 12.4 Å². The van der Waals surface area contributed by atoms with Crippen LogP contribution in [-0.4, -0.2) is 51.0 Å². The van der Waals surface area contributed by atoms with Gasteiger partial charge in [-0.1, -0.05) is 22.9 Å². The number of pyridine rings is 2. The number of hydrogen-bond acceptors (Lipinski definition) is 8. The lowest BCUT2D eigenvalue weighted by Crippen LogP contribution is -2.43. The summed E-state index contributed by atoms with van der Waals surface area (Å²) in [4.78, 5) is 42.0. The van der Waals surface area contributed by atoms with E-state index in [1.807, 2.05) is 31.7 Å². The van der Waals surface area contributed by atoms with Gasteiger partial charge in [-0.05, 0) is 45.7 Å². The highest BCUT2D eigenvalue weighted by molar-refractivity contribution is 7.16. The van der Waals surface area contributed by atoms with Crippen LogP contribution in [0.4, 0.5) is 5.13 Å². The van der Waals surface area contributed by atoms with Gasteiger partial charge in [0, 0.05) is 28.9 Å². The van der Waals surface area contributed by atoms with Crippen LogP contribution in [0.15, 0.2) is 24.5 Å². The molecule has 9 nitrogen and oxygen atoms in total. The van der Waals surface area contributed by atoms with Gasteiger partial charge in [0.25, 0.3) is 5.91 Å². The van der Waals surface area contributed by atoms with Crippen molar-refractivity contribution in [1.82, 2.24) is 19.9 Å². The summed E-state index contributed by atoms with van der Waals surface area (Å²) in [7, 11) is 1.54. The van der Waals surface area contributed by atoms with Crippen LogP contribution in [0.1, 0.15) is 53.3 Å². The Morgan fingerprint density at radius 3 is 2.65 bits per heavy atom. The summed E-state index contributed by atoms with van der Waals surface area (Å²) in [6.45, 7) is 6.84. The molecule has 0 aromatic carbocycles. The summed E-state index contributed by atoms with van der Waals surface area (Å²) in [5, 5.41) is 3.68. The first-order chi connectivity index (χ1) is 17.7. The number of aromatic nitrogens is 3. The number of rotatable bonds is 7. The molecular weight excluding hydrogens is 514 g/mol. The Morgan fingerprint density at radius 2 is 1.95 bits per heavy atom. The first-order valence-corrected chi connectivity index (χ1v) is 13.3. The number of fused-ring (bicyclic) bond motifs is 1. The Kier molecular flexibility index (Phi) is 7.15. The summed E-state index contributed by atoms with van der Waals surface area (Å²) >= 11 is 7.53. The topological polar surface area (TPSA) is 107 Å². The summed E-state index contributed by atoms with van der Waals surface area (Å²) < 4.78 is 11.2. The number of hydrogen-bond donors (Lipinski definition) is 1. The van der Waals surface area contributed by atoms with Gasteiger partial charge in [-0.3, -0.25) is 19.9 Å². The van der Waals surface area contributed by atoms with Crippen LogP contribution in [-0.2, 0) is 22.6 Å². The third-order valence-electron chi connectivity index (χ3n) is 6.52. The van der Waals surface area contributed by atoms with Crippen molar-refractivity contribution in [3.63, 3.8) is 0 Å². The van der Waals surface area contributed by atoms with Gasteiger partial charge in [0.05, 0.1) is 54.7 Å². The third-order valence-corrected chi connectivity index (χ3v) is 7.73. The van der Waals surface area contributed by atoms with Crippen LogP contribution >= 0.6 is 22.9 Å². The van der Waals surface area contributed by atoms with Crippen LogP contribution in [0.2, 0.25) is 5.15 Å². The van der Waals surface area contributed by atoms with E-state index in [2.05, 4.69) is 20.3 Å². The number of halogens is 1. The zero-order valence-corrected chi connectivity index (χ0v) is 22.7. The van der Waals surface area contributed by atoms with Crippen LogP contribution in [0.3, 0.4) is 0 Å². The Morgan fingerprint density at radius 1 is 1.16 bits per heavy atom. The molecule has 1 aliphatic carbocycles. The fourth-order valence-electron chi connectivity index (χ4n) is 4.69. The van der Waals surface area contributed by atoms with Crippen LogP contribution in [0.5, 0.6) is 5.75 Å². The van der Waals surface area contributed by atoms with E-state index in [1.165, 1.54) is 30.8 Å². The van der Waals surface area contributed by atoms with E-state index in [-0.39, 0.29) is 35.1 Å². The molecule has 3 aromatic rings. The van der Waals surface area contributed by atoms with E-state index in [1.54, 1.807) is 6.07 Å². The highest BCUT2D eigenvalue weighted by atomic mass is 35.5. The van der Waals surface area contributed by atoms with Crippen LogP contribution in [0, 0.1) is 12.8 Å². The second-order valence-electron chi connectivity index (χ2n) is 9.59. The minimum Gasteiger partial charge on any atom is -0.494 e. The summed E-state index contributed by atoms with van der Waals surface area (Å²) in [6, 6.07) is 3.47. The van der Waals surface area contributed by atoms with E-state index < -0.39 is 0 Å². The predicted octanol–water partition coefficient (Wildman–Crippen LogP) is 4.87. The fourth-order valence-corrected chi connectivity index (χ4v) is 5.83. The number of carbonyl (C=O) groups excluding carboxylic acids is 2. The van der Waals surface area contributed by atoms with Gasteiger partial charge in [0.1, 0.15) is 10.9 Å². The molecule has 1 saturated carbocycles. The van der Waals surface area contributed by atoms with Crippen molar-refractivity contribution in [2.45, 2.75) is 58.9 Å². The number of carbonyl (C=O) groups is 2. The van der Waals surface area contributed by atoms with Crippen molar-refractivity contribution in [2.24, 2.45) is 5.92 Å². The maximum absolute atomic E-state index is 13.3. The number of thiazole rings is 1. The largest absolute Gasteiger partial charge is 0.494 e. The normalized spacial score (nSPS) is 18.5. The van der Waals surface area contributed by atoms with Gasteiger partial charge < -0.3 is 14.4 Å². The van der Waals surface area contributed by atoms with Gasteiger partial charge >= 0.3 is 0 Å². The Labute approximate surface area is 224 Å². The highest BCUT2D eigenvalue weighted by Gasteiger charge is 2.40. The molecule has 2 aliphatic rings. The second kappa shape index (κ2) is 10.4. The quantitative estimate of drug-likeness (QED) is 0.425. The zero-order valence-electron chi connectivity index (χ0n) is 21.1. The molecule has 0 saturated heterocycles. The number of aryl methyl sites for hydroxylation is 1. The lowest BCUT2D eigenvalue weighted by atomic mass is 9.81. The van der Waals surface area contributed by atoms with E-state index in [0.29, 0.717) is 40.7 Å². The minimum absolute atomic E-state index is 0.0167. The Hall–Kier alpha value is -3.08. The molecule has 5 rings (SSSR count). The average Bonchev–Trinajstić information content (AvgIpc) is 3.39. The molecule has 1 N–H and O–H groups in total. The summed E-state index contributed by atoms with van der Waals surface area (Å²) in [5.41, 5.74) is 3.21. The number of ether oxygens (including phenoxy) is 2. The monoisotopic (exact) mass is 541 g/mol. The SMILES string of the molecule is COc1cnc(Cl)cc1-c1cc(C)ncc1C(=O)Nc1nc2c(s1)CN(C(=O)C1CC(OC(C)C)C1)C2. The Balaban J connectivity index is 1.27. The molecule has 0 spiro atoms. The molecule has 194 valence electrons. The van der Waals surface area contributed by atoms with Crippen LogP contribution < -0.4 is 10.1 Å². The molecule has 2 amide bonds. The zero-order chi connectivity index (χ0) is 26.3. The number of nitrogens with one attached hydrogen (secondary N) is 1. The lowest BCUT2D eigenvalue weighted by molar-refractivity contribution is -0.147.